The van der Waals surface area contributed by atoms with E-state index in [0.717, 1.165) is 24.5 Å². The molecular formula is C22H24N4O2. The third-order valence-corrected chi connectivity index (χ3v) is 5.84. The second-order valence-electron chi connectivity index (χ2n) is 8.10. The number of nitrogens with zero attached hydrogens (tertiary/aromatic N) is 4. The fourth-order valence-corrected chi connectivity index (χ4v) is 4.69. The molecule has 144 valence electrons. The van der Waals surface area contributed by atoms with Crippen molar-refractivity contribution in [2.24, 2.45) is 5.92 Å². The average Bonchev–Trinajstić information content (AvgIpc) is 3.45. The van der Waals surface area contributed by atoms with E-state index in [4.69, 9.17) is 4.42 Å². The third kappa shape index (κ3) is 2.40. The van der Waals surface area contributed by atoms with Crippen LogP contribution in [0, 0.1) is 5.92 Å². The van der Waals surface area contributed by atoms with Crippen LogP contribution in [0.25, 0.3) is 5.82 Å². The quantitative estimate of drug-likeness (QED) is 0.700. The lowest BCUT2D eigenvalue weighted by Crippen LogP contribution is -2.54. The molecule has 0 aromatic carbocycles. The molecule has 1 atom stereocenters. The Bertz CT molecular complexity index is 1010. The van der Waals surface area contributed by atoms with Gasteiger partial charge in [0, 0.05) is 25.5 Å². The van der Waals surface area contributed by atoms with E-state index in [-0.39, 0.29) is 11.4 Å². The minimum atomic E-state index is -0.258. The highest BCUT2D eigenvalue weighted by Gasteiger charge is 2.51. The van der Waals surface area contributed by atoms with Crippen LogP contribution >= 0.6 is 0 Å². The van der Waals surface area contributed by atoms with Gasteiger partial charge in [0.25, 0.3) is 5.91 Å². The van der Waals surface area contributed by atoms with Crippen molar-refractivity contribution >= 4 is 11.6 Å². The van der Waals surface area contributed by atoms with Gasteiger partial charge in [-0.05, 0) is 48.7 Å². The molecule has 1 amide bonds. The molecule has 1 spiro atoms. The molecule has 3 aromatic rings. The molecule has 0 radical (unpaired) electrons. The summed E-state index contributed by atoms with van der Waals surface area (Å²) in [5.41, 5.74) is 2.08. The number of aromatic nitrogens is 2. The maximum absolute atomic E-state index is 13.0. The fourth-order valence-electron chi connectivity index (χ4n) is 4.69. The van der Waals surface area contributed by atoms with E-state index in [9.17, 15) is 4.79 Å². The second-order valence-corrected chi connectivity index (χ2v) is 8.10. The lowest BCUT2D eigenvalue weighted by atomic mass is 9.88. The van der Waals surface area contributed by atoms with Crippen LogP contribution in [0.4, 0.5) is 5.69 Å². The van der Waals surface area contributed by atoms with Crippen LogP contribution in [0.3, 0.4) is 0 Å². The van der Waals surface area contributed by atoms with Crippen LogP contribution in [-0.4, -0.2) is 40.0 Å². The Morgan fingerprint density at radius 2 is 2.14 bits per heavy atom. The van der Waals surface area contributed by atoms with Crippen LogP contribution < -0.4 is 4.90 Å². The van der Waals surface area contributed by atoms with Crippen molar-refractivity contribution in [3.8, 4) is 5.82 Å². The predicted molar refractivity (Wildman–Crippen MR) is 107 cm³/mol. The molecule has 2 aliphatic heterocycles. The molecule has 3 aromatic heterocycles. The maximum atomic E-state index is 13.0. The summed E-state index contributed by atoms with van der Waals surface area (Å²) in [5.74, 6) is 1.81. The van der Waals surface area contributed by atoms with Gasteiger partial charge < -0.3 is 18.8 Å². The van der Waals surface area contributed by atoms with Crippen molar-refractivity contribution in [1.82, 2.24) is 14.5 Å². The number of anilines is 1. The van der Waals surface area contributed by atoms with Gasteiger partial charge in [-0.25, -0.2) is 4.98 Å². The number of likely N-dealkylation sites (tertiary alicyclic amines) is 1. The van der Waals surface area contributed by atoms with Gasteiger partial charge in [-0.3, -0.25) is 4.79 Å². The van der Waals surface area contributed by atoms with Crippen molar-refractivity contribution < 1.29 is 9.21 Å². The highest BCUT2D eigenvalue weighted by atomic mass is 16.3. The van der Waals surface area contributed by atoms with E-state index in [0.29, 0.717) is 24.8 Å². The number of fused-ring (bicyclic) bond motifs is 4. The highest BCUT2D eigenvalue weighted by Crippen LogP contribution is 2.47. The summed E-state index contributed by atoms with van der Waals surface area (Å²) in [6, 6.07) is 11.9. The Morgan fingerprint density at radius 1 is 1.25 bits per heavy atom. The molecule has 6 heteroatoms. The summed E-state index contributed by atoms with van der Waals surface area (Å²) in [7, 11) is 0. The Balaban J connectivity index is 1.60. The summed E-state index contributed by atoms with van der Waals surface area (Å²) >= 11 is 0. The van der Waals surface area contributed by atoms with E-state index in [1.807, 2.05) is 17.2 Å². The SMILES string of the molecule is CC(C)CN1c2cccnc2-n2cccc2C12CCN(C(=O)c1ccco1)C2. The first kappa shape index (κ1) is 17.1. The number of carbonyl (C=O) groups excluding carboxylic acids is 1. The lowest BCUT2D eigenvalue weighted by Gasteiger charge is -2.47. The summed E-state index contributed by atoms with van der Waals surface area (Å²) in [5, 5.41) is 0. The Kier molecular flexibility index (Phi) is 3.82. The first-order valence-corrected chi connectivity index (χ1v) is 9.84. The van der Waals surface area contributed by atoms with Crippen LogP contribution in [0.15, 0.2) is 59.5 Å². The van der Waals surface area contributed by atoms with E-state index in [2.05, 4.69) is 52.7 Å². The van der Waals surface area contributed by atoms with Gasteiger partial charge in [0.2, 0.25) is 0 Å². The van der Waals surface area contributed by atoms with E-state index in [1.54, 1.807) is 18.4 Å². The first-order valence-electron chi connectivity index (χ1n) is 9.84. The van der Waals surface area contributed by atoms with Gasteiger partial charge in [0.15, 0.2) is 11.6 Å². The zero-order chi connectivity index (χ0) is 19.3. The van der Waals surface area contributed by atoms with Crippen molar-refractivity contribution in [2.75, 3.05) is 24.5 Å². The van der Waals surface area contributed by atoms with Crippen molar-refractivity contribution in [3.63, 3.8) is 0 Å². The largest absolute Gasteiger partial charge is 0.459 e. The van der Waals surface area contributed by atoms with Crippen LogP contribution in [0.2, 0.25) is 0 Å². The van der Waals surface area contributed by atoms with Gasteiger partial charge in [0.1, 0.15) is 5.54 Å². The van der Waals surface area contributed by atoms with Crippen LogP contribution in [0.5, 0.6) is 0 Å². The molecule has 1 fully saturated rings. The summed E-state index contributed by atoms with van der Waals surface area (Å²) in [6.07, 6.45) is 6.35. The summed E-state index contributed by atoms with van der Waals surface area (Å²) < 4.78 is 7.55. The molecule has 1 saturated heterocycles. The van der Waals surface area contributed by atoms with Crippen LogP contribution in [0.1, 0.15) is 36.5 Å². The topological polar surface area (TPSA) is 54.5 Å². The maximum Gasteiger partial charge on any atom is 0.289 e. The molecular weight excluding hydrogens is 352 g/mol. The zero-order valence-corrected chi connectivity index (χ0v) is 16.2. The normalized spacial score (nSPS) is 20.7. The van der Waals surface area contributed by atoms with Gasteiger partial charge in [0.05, 0.1) is 24.2 Å². The molecule has 6 nitrogen and oxygen atoms in total. The zero-order valence-electron chi connectivity index (χ0n) is 16.2. The molecule has 0 N–H and O–H groups in total. The molecule has 28 heavy (non-hydrogen) atoms. The smallest absolute Gasteiger partial charge is 0.289 e. The molecule has 0 saturated carbocycles. The number of hydrogen-bond acceptors (Lipinski definition) is 4. The molecule has 0 aliphatic carbocycles. The standard InChI is InChI=1S/C22H24N4O2/c1-16(2)14-26-17-6-3-10-23-20(17)25-11-4-8-19(25)22(26)9-12-24(15-22)21(27)18-7-5-13-28-18/h3-8,10-11,13,16H,9,12,14-15H2,1-2H3. The van der Waals surface area contributed by atoms with E-state index < -0.39 is 0 Å². The number of hydrogen-bond donors (Lipinski definition) is 0. The van der Waals surface area contributed by atoms with Crippen molar-refractivity contribution in [2.45, 2.75) is 25.8 Å². The Morgan fingerprint density at radius 3 is 2.93 bits per heavy atom. The third-order valence-electron chi connectivity index (χ3n) is 5.84. The van der Waals surface area contributed by atoms with E-state index >= 15 is 0 Å². The molecule has 5 rings (SSSR count). The number of rotatable bonds is 3. The average molecular weight is 376 g/mol. The van der Waals surface area contributed by atoms with Gasteiger partial charge in [-0.1, -0.05) is 13.8 Å². The highest BCUT2D eigenvalue weighted by molar-refractivity contribution is 5.92. The van der Waals surface area contributed by atoms with Crippen molar-refractivity contribution in [1.29, 1.82) is 0 Å². The van der Waals surface area contributed by atoms with Gasteiger partial charge in [-0.2, -0.15) is 0 Å². The Labute approximate surface area is 164 Å². The summed E-state index contributed by atoms with van der Waals surface area (Å²) in [6.45, 7) is 6.72. The summed E-state index contributed by atoms with van der Waals surface area (Å²) in [4.78, 5) is 22.0. The number of amides is 1. The number of carbonyl (C=O) groups is 1. The van der Waals surface area contributed by atoms with E-state index in [1.165, 1.54) is 5.69 Å². The molecule has 5 heterocycles. The molecule has 2 aliphatic rings. The van der Waals surface area contributed by atoms with Gasteiger partial charge in [-0.15, -0.1) is 0 Å². The minimum Gasteiger partial charge on any atom is -0.459 e. The van der Waals surface area contributed by atoms with Crippen LogP contribution in [-0.2, 0) is 5.54 Å². The number of pyridine rings is 1. The monoisotopic (exact) mass is 376 g/mol. The molecule has 0 bridgehead atoms. The number of furan rings is 1. The predicted octanol–water partition coefficient (Wildman–Crippen LogP) is 3.68. The molecule has 1 unspecified atom stereocenters. The lowest BCUT2D eigenvalue weighted by molar-refractivity contribution is 0.0750. The fraction of sp³-hybridized carbons (Fsp3) is 0.364. The first-order chi connectivity index (χ1) is 13.6. The van der Waals surface area contributed by atoms with Gasteiger partial charge >= 0.3 is 0 Å². The second kappa shape index (κ2) is 6.26. The van der Waals surface area contributed by atoms with Crippen molar-refractivity contribution in [3.05, 3.63) is 66.5 Å². The minimum absolute atomic E-state index is 0.0403. The Hall–Kier alpha value is -3.02.